The predicted octanol–water partition coefficient (Wildman–Crippen LogP) is 4.68. The maximum absolute atomic E-state index is 13.9. The van der Waals surface area contributed by atoms with Crippen LogP contribution in [0, 0.1) is 34.5 Å². The fraction of sp³-hybridized carbons (Fsp3) is 0.625. The van der Waals surface area contributed by atoms with Gasteiger partial charge < -0.3 is 10.2 Å². The topological polar surface area (TPSA) is 88.2 Å². The van der Waals surface area contributed by atoms with Gasteiger partial charge in [-0.1, -0.05) is 34.1 Å². The van der Waals surface area contributed by atoms with Crippen LogP contribution in [0.15, 0.2) is 30.9 Å². The molecule has 2 fully saturated rings. The van der Waals surface area contributed by atoms with Crippen molar-refractivity contribution in [3.05, 3.63) is 36.4 Å². The first-order valence-electron chi connectivity index (χ1n) is 11.0. The fourth-order valence-corrected chi connectivity index (χ4v) is 6.78. The van der Waals surface area contributed by atoms with Crippen molar-refractivity contribution in [2.45, 2.75) is 59.9 Å². The van der Waals surface area contributed by atoms with Crippen LogP contribution in [0.4, 0.5) is 0 Å². The van der Waals surface area contributed by atoms with Gasteiger partial charge in [0.05, 0.1) is 0 Å². The Morgan fingerprint density at radius 3 is 2.50 bits per heavy atom. The predicted molar refractivity (Wildman–Crippen MR) is 114 cm³/mol. The zero-order valence-electron chi connectivity index (χ0n) is 18.4. The molecular formula is C24H33N3O3. The molecule has 1 aromatic carbocycles. The number of aromatic hydroxyl groups is 2. The molecule has 0 saturated heterocycles. The molecule has 2 aromatic rings. The van der Waals surface area contributed by atoms with Crippen molar-refractivity contribution in [3.8, 4) is 11.5 Å². The Balaban J connectivity index is 1.76. The van der Waals surface area contributed by atoms with Crippen molar-refractivity contribution >= 4 is 5.78 Å². The number of carbonyl (C=O) groups is 1. The maximum Gasteiger partial charge on any atom is 0.167 e. The van der Waals surface area contributed by atoms with Gasteiger partial charge in [-0.15, -0.1) is 0 Å². The zero-order chi connectivity index (χ0) is 21.7. The molecule has 1 aromatic heterocycles. The number of benzene rings is 1. The molecule has 0 unspecified atom stereocenters. The number of carbonyl (C=O) groups excluding carboxylic acids is 1. The summed E-state index contributed by atoms with van der Waals surface area (Å²) in [5.41, 5.74) is 0.444. The van der Waals surface area contributed by atoms with Gasteiger partial charge in [-0.05, 0) is 60.0 Å². The second-order valence-electron chi connectivity index (χ2n) is 10.5. The van der Waals surface area contributed by atoms with E-state index >= 15 is 0 Å². The molecule has 5 atom stereocenters. The van der Waals surface area contributed by atoms with Crippen LogP contribution in [0.25, 0.3) is 0 Å². The van der Waals surface area contributed by atoms with Crippen molar-refractivity contribution in [1.29, 1.82) is 0 Å². The fourth-order valence-electron chi connectivity index (χ4n) is 6.78. The van der Waals surface area contributed by atoms with Crippen LogP contribution < -0.4 is 0 Å². The van der Waals surface area contributed by atoms with Crippen molar-refractivity contribution in [1.82, 2.24) is 14.8 Å². The van der Waals surface area contributed by atoms with Crippen molar-refractivity contribution in [3.63, 3.8) is 0 Å². The maximum atomic E-state index is 13.9. The normalized spacial score (nSPS) is 33.1. The van der Waals surface area contributed by atoms with Crippen molar-refractivity contribution in [2.24, 2.45) is 34.5 Å². The number of nitrogens with zero attached hydrogens (tertiary/aromatic N) is 3. The van der Waals surface area contributed by atoms with Gasteiger partial charge in [0.1, 0.15) is 24.2 Å². The Hall–Kier alpha value is -2.37. The first-order chi connectivity index (χ1) is 14.1. The van der Waals surface area contributed by atoms with Crippen molar-refractivity contribution in [2.75, 3.05) is 0 Å². The number of fused-ring (bicyclic) bond motifs is 1. The van der Waals surface area contributed by atoms with E-state index in [1.165, 1.54) is 24.6 Å². The van der Waals surface area contributed by atoms with Crippen LogP contribution >= 0.6 is 0 Å². The Kier molecular flexibility index (Phi) is 5.15. The number of hydrogen-bond donors (Lipinski definition) is 2. The summed E-state index contributed by atoms with van der Waals surface area (Å²) in [5.74, 6) is 0.581. The number of phenols is 2. The summed E-state index contributed by atoms with van der Waals surface area (Å²) in [4.78, 5) is 18.0. The van der Waals surface area contributed by atoms with Gasteiger partial charge in [0.2, 0.25) is 0 Å². The summed E-state index contributed by atoms with van der Waals surface area (Å²) >= 11 is 0. The summed E-state index contributed by atoms with van der Waals surface area (Å²) in [5, 5.41) is 24.3. The van der Waals surface area contributed by atoms with E-state index in [0.717, 1.165) is 25.8 Å². The molecule has 162 valence electrons. The first kappa shape index (κ1) is 20.9. The molecule has 0 spiro atoms. The standard InChI is InChI=1S/C24H33N3O3/c1-15-17(12-27-14-25-13-26-27)10-20-23(2,3)6-5-7-24(20,4)21(15)22(30)16-8-18(28)11-19(29)9-16/h8-9,11,13-15,17,20-21,28-29H,5-7,10,12H2,1-4H3/t15-,17+,20-,21+,24+/m0/s1. The largest absolute Gasteiger partial charge is 0.508 e. The molecule has 4 rings (SSSR count). The Morgan fingerprint density at radius 1 is 1.17 bits per heavy atom. The lowest BCUT2D eigenvalue weighted by atomic mass is 9.44. The number of Topliss-reactive ketones (excluding diaryl/α,β-unsaturated/α-hetero) is 1. The van der Waals surface area contributed by atoms with E-state index in [2.05, 4.69) is 37.8 Å². The molecule has 30 heavy (non-hydrogen) atoms. The lowest BCUT2D eigenvalue weighted by Crippen LogP contribution is -2.56. The minimum absolute atomic E-state index is 0.0298. The monoisotopic (exact) mass is 411 g/mol. The molecule has 0 bridgehead atoms. The Labute approximate surface area is 178 Å². The van der Waals surface area contributed by atoms with Crippen LogP contribution in [0.2, 0.25) is 0 Å². The smallest absolute Gasteiger partial charge is 0.167 e. The van der Waals surface area contributed by atoms with E-state index in [1.54, 1.807) is 12.7 Å². The van der Waals surface area contributed by atoms with Gasteiger partial charge in [0.15, 0.2) is 5.78 Å². The molecule has 6 heteroatoms. The summed E-state index contributed by atoms with van der Waals surface area (Å²) in [6.07, 6.45) is 7.69. The summed E-state index contributed by atoms with van der Waals surface area (Å²) in [7, 11) is 0. The second-order valence-corrected chi connectivity index (χ2v) is 10.5. The van der Waals surface area contributed by atoms with Crippen LogP contribution in [0.3, 0.4) is 0 Å². The molecule has 2 aliphatic carbocycles. The third-order valence-electron chi connectivity index (χ3n) is 8.15. The molecule has 2 N–H and O–H groups in total. The van der Waals surface area contributed by atoms with Gasteiger partial charge >= 0.3 is 0 Å². The molecule has 0 aliphatic heterocycles. The second kappa shape index (κ2) is 7.40. The van der Waals surface area contributed by atoms with E-state index in [4.69, 9.17) is 0 Å². The van der Waals surface area contributed by atoms with Gasteiger partial charge in [-0.25, -0.2) is 4.98 Å². The van der Waals surface area contributed by atoms with Gasteiger partial charge in [0, 0.05) is 24.1 Å². The average molecular weight is 412 g/mol. The highest BCUT2D eigenvalue weighted by Gasteiger charge is 2.58. The summed E-state index contributed by atoms with van der Waals surface area (Å²) in [6.45, 7) is 9.93. The van der Waals surface area contributed by atoms with Gasteiger partial charge in [0.25, 0.3) is 0 Å². The number of hydrogen-bond acceptors (Lipinski definition) is 5. The SMILES string of the molecule is C[C@H]1[C@@H](Cn2cncn2)C[C@H]2C(C)(C)CCC[C@@]2(C)[C@H]1C(=O)c1cc(O)cc(O)c1. The van der Waals surface area contributed by atoms with Crippen LogP contribution in [-0.4, -0.2) is 30.8 Å². The van der Waals surface area contributed by atoms with E-state index in [0.29, 0.717) is 17.4 Å². The highest BCUT2D eigenvalue weighted by atomic mass is 16.3. The van der Waals surface area contributed by atoms with E-state index < -0.39 is 0 Å². The van der Waals surface area contributed by atoms with E-state index in [9.17, 15) is 15.0 Å². The third kappa shape index (κ3) is 3.50. The molecular weight excluding hydrogens is 378 g/mol. The lowest BCUT2D eigenvalue weighted by Gasteiger charge is -2.60. The molecule has 6 nitrogen and oxygen atoms in total. The Morgan fingerprint density at radius 2 is 1.87 bits per heavy atom. The molecule has 0 radical (unpaired) electrons. The van der Waals surface area contributed by atoms with E-state index in [-0.39, 0.29) is 39.9 Å². The summed E-state index contributed by atoms with van der Waals surface area (Å²) < 4.78 is 1.88. The number of aromatic nitrogens is 3. The van der Waals surface area contributed by atoms with E-state index in [1.807, 2.05) is 4.68 Å². The minimum atomic E-state index is -0.175. The lowest BCUT2D eigenvalue weighted by molar-refractivity contribution is -0.105. The van der Waals surface area contributed by atoms with Crippen LogP contribution in [-0.2, 0) is 6.54 Å². The highest BCUT2D eigenvalue weighted by molar-refractivity contribution is 5.99. The summed E-state index contributed by atoms with van der Waals surface area (Å²) in [6, 6.07) is 4.24. The number of phenolic OH excluding ortho intramolecular Hbond substituents is 2. The zero-order valence-corrected chi connectivity index (χ0v) is 18.4. The number of ketones is 1. The molecule has 2 saturated carbocycles. The molecule has 0 amide bonds. The highest BCUT2D eigenvalue weighted by Crippen LogP contribution is 2.63. The van der Waals surface area contributed by atoms with Gasteiger partial charge in [-0.3, -0.25) is 9.48 Å². The molecule has 1 heterocycles. The van der Waals surface area contributed by atoms with Crippen molar-refractivity contribution < 1.29 is 15.0 Å². The average Bonchev–Trinajstić information content (AvgIpc) is 3.15. The molecule has 2 aliphatic rings. The van der Waals surface area contributed by atoms with Crippen LogP contribution in [0.1, 0.15) is 63.7 Å². The van der Waals surface area contributed by atoms with Crippen LogP contribution in [0.5, 0.6) is 11.5 Å². The first-order valence-corrected chi connectivity index (χ1v) is 11.0. The third-order valence-corrected chi connectivity index (χ3v) is 8.15. The minimum Gasteiger partial charge on any atom is -0.508 e. The van der Waals surface area contributed by atoms with Gasteiger partial charge in [-0.2, -0.15) is 5.10 Å². The number of rotatable bonds is 4. The Bertz CT molecular complexity index is 904. The quantitative estimate of drug-likeness (QED) is 0.714.